The first-order valence-electron chi connectivity index (χ1n) is 6.87. The maximum atomic E-state index is 12.0. The molecule has 0 radical (unpaired) electrons. The van der Waals surface area contributed by atoms with Crippen molar-refractivity contribution >= 4 is 67.4 Å². The molecule has 1 aromatic heterocycles. The molecule has 0 bridgehead atoms. The molecular formula is C16H11Cl3N2O2S. The molecule has 0 saturated carbocycles. The van der Waals surface area contributed by atoms with Crippen LogP contribution >= 0.6 is 46.1 Å². The number of ether oxygens (including phenoxy) is 1. The highest BCUT2D eigenvalue weighted by molar-refractivity contribution is 7.22. The number of nitrogens with one attached hydrogen (secondary N) is 1. The molecule has 0 spiro atoms. The minimum atomic E-state index is -0.331. The Labute approximate surface area is 157 Å². The molecule has 4 nitrogen and oxygen atoms in total. The lowest BCUT2D eigenvalue weighted by molar-refractivity contribution is -0.118. The predicted molar refractivity (Wildman–Crippen MR) is 100.0 cm³/mol. The van der Waals surface area contributed by atoms with E-state index in [1.54, 1.807) is 24.3 Å². The Bertz CT molecular complexity index is 888. The van der Waals surface area contributed by atoms with Crippen LogP contribution in [0.1, 0.15) is 5.56 Å². The topological polar surface area (TPSA) is 51.2 Å². The summed E-state index contributed by atoms with van der Waals surface area (Å²) in [5.74, 6) is 0.0609. The Kier molecular flexibility index (Phi) is 5.15. The number of nitrogens with zero attached hydrogens (tertiary/aromatic N) is 1. The van der Waals surface area contributed by atoms with Crippen LogP contribution in [0.5, 0.6) is 5.75 Å². The van der Waals surface area contributed by atoms with Crippen LogP contribution in [0.4, 0.5) is 5.13 Å². The van der Waals surface area contributed by atoms with Crippen molar-refractivity contribution in [1.82, 2.24) is 4.98 Å². The van der Waals surface area contributed by atoms with E-state index < -0.39 is 0 Å². The minimum absolute atomic E-state index is 0.183. The third-order valence-corrected chi connectivity index (χ3v) is 5.04. The van der Waals surface area contributed by atoms with Gasteiger partial charge in [0.1, 0.15) is 5.75 Å². The zero-order valence-electron chi connectivity index (χ0n) is 12.4. The van der Waals surface area contributed by atoms with E-state index in [2.05, 4.69) is 10.3 Å². The molecule has 0 atom stereocenters. The van der Waals surface area contributed by atoms with E-state index >= 15 is 0 Å². The van der Waals surface area contributed by atoms with Gasteiger partial charge in [0, 0.05) is 10.0 Å². The first-order chi connectivity index (χ1) is 11.4. The van der Waals surface area contributed by atoms with Crippen molar-refractivity contribution in [2.24, 2.45) is 0 Å². The molecule has 2 aromatic carbocycles. The molecule has 3 aromatic rings. The summed E-state index contributed by atoms with van der Waals surface area (Å²) in [5, 5.41) is 4.68. The molecule has 124 valence electrons. The minimum Gasteiger partial charge on any atom is -0.482 e. The molecule has 8 heteroatoms. The van der Waals surface area contributed by atoms with Crippen LogP contribution in [-0.4, -0.2) is 17.5 Å². The molecule has 0 saturated heterocycles. The number of hydrogen-bond donors (Lipinski definition) is 1. The second-order valence-corrected chi connectivity index (χ2v) is 7.28. The zero-order chi connectivity index (χ0) is 17.3. The summed E-state index contributed by atoms with van der Waals surface area (Å²) in [6, 6.07) is 8.52. The zero-order valence-corrected chi connectivity index (χ0v) is 15.5. The monoisotopic (exact) mass is 400 g/mol. The van der Waals surface area contributed by atoms with Crippen molar-refractivity contribution in [2.75, 3.05) is 11.9 Å². The number of thiazole rings is 1. The largest absolute Gasteiger partial charge is 0.482 e. The summed E-state index contributed by atoms with van der Waals surface area (Å²) in [4.78, 5) is 16.4. The summed E-state index contributed by atoms with van der Waals surface area (Å²) < 4.78 is 6.34. The van der Waals surface area contributed by atoms with Gasteiger partial charge in [-0.05, 0) is 42.8 Å². The van der Waals surface area contributed by atoms with Gasteiger partial charge in [-0.25, -0.2) is 4.98 Å². The lowest BCUT2D eigenvalue weighted by Gasteiger charge is -2.07. The Balaban J connectivity index is 1.66. The first kappa shape index (κ1) is 17.3. The average Bonchev–Trinajstić information content (AvgIpc) is 2.88. The van der Waals surface area contributed by atoms with Gasteiger partial charge in [0.25, 0.3) is 5.91 Å². The number of carbonyl (C=O) groups excluding carboxylic acids is 1. The second-order valence-electron chi connectivity index (χ2n) is 5.00. The van der Waals surface area contributed by atoms with E-state index in [1.165, 1.54) is 11.3 Å². The van der Waals surface area contributed by atoms with E-state index in [-0.39, 0.29) is 12.5 Å². The molecule has 1 heterocycles. The van der Waals surface area contributed by atoms with Gasteiger partial charge in [-0.1, -0.05) is 46.1 Å². The quantitative estimate of drug-likeness (QED) is 0.620. The van der Waals surface area contributed by atoms with E-state index in [0.717, 1.165) is 15.8 Å². The highest BCUT2D eigenvalue weighted by Gasteiger charge is 2.11. The predicted octanol–water partition coefficient (Wildman–Crippen LogP) is 5.58. The fourth-order valence-electron chi connectivity index (χ4n) is 1.99. The van der Waals surface area contributed by atoms with Crippen molar-refractivity contribution in [3.8, 4) is 5.75 Å². The third-order valence-electron chi connectivity index (χ3n) is 3.17. The van der Waals surface area contributed by atoms with Crippen molar-refractivity contribution in [3.05, 3.63) is 51.0 Å². The number of aromatic nitrogens is 1. The maximum absolute atomic E-state index is 12.0. The standard InChI is InChI=1S/C16H11Cl3N2O2S/c1-8-4-14-12(6-10(8)18)20-16(24-14)21-15(22)7-23-13-3-2-9(17)5-11(13)19/h2-6H,7H2,1H3,(H,20,21,22). The number of hydrogen-bond acceptors (Lipinski definition) is 4. The number of amides is 1. The summed E-state index contributed by atoms with van der Waals surface area (Å²) in [5.41, 5.74) is 1.71. The summed E-state index contributed by atoms with van der Waals surface area (Å²) in [6.45, 7) is 1.74. The smallest absolute Gasteiger partial charge is 0.264 e. The highest BCUT2D eigenvalue weighted by atomic mass is 35.5. The fourth-order valence-corrected chi connectivity index (χ4v) is 3.58. The highest BCUT2D eigenvalue weighted by Crippen LogP contribution is 2.30. The SMILES string of the molecule is Cc1cc2sc(NC(=O)COc3ccc(Cl)cc3Cl)nc2cc1Cl. The number of benzene rings is 2. The molecule has 3 rings (SSSR count). The van der Waals surface area contributed by atoms with Crippen LogP contribution in [0.2, 0.25) is 15.1 Å². The lowest BCUT2D eigenvalue weighted by atomic mass is 10.2. The Morgan fingerprint density at radius 2 is 2.00 bits per heavy atom. The van der Waals surface area contributed by atoms with Crippen molar-refractivity contribution in [2.45, 2.75) is 6.92 Å². The van der Waals surface area contributed by atoms with E-state index in [1.807, 2.05) is 13.0 Å². The Hall–Kier alpha value is -1.53. The van der Waals surface area contributed by atoms with Crippen molar-refractivity contribution in [3.63, 3.8) is 0 Å². The van der Waals surface area contributed by atoms with Gasteiger partial charge < -0.3 is 4.74 Å². The van der Waals surface area contributed by atoms with Gasteiger partial charge in [0.2, 0.25) is 0 Å². The Morgan fingerprint density at radius 1 is 1.21 bits per heavy atom. The fraction of sp³-hybridized carbons (Fsp3) is 0.125. The van der Waals surface area contributed by atoms with Crippen LogP contribution in [0, 0.1) is 6.92 Å². The Morgan fingerprint density at radius 3 is 2.75 bits per heavy atom. The second kappa shape index (κ2) is 7.15. The molecule has 1 N–H and O–H groups in total. The lowest BCUT2D eigenvalue weighted by Crippen LogP contribution is -2.20. The van der Waals surface area contributed by atoms with Crippen LogP contribution < -0.4 is 10.1 Å². The van der Waals surface area contributed by atoms with Crippen molar-refractivity contribution < 1.29 is 9.53 Å². The first-order valence-corrected chi connectivity index (χ1v) is 8.82. The van der Waals surface area contributed by atoms with E-state index in [0.29, 0.717) is 25.9 Å². The van der Waals surface area contributed by atoms with Gasteiger partial charge in [-0.3, -0.25) is 10.1 Å². The van der Waals surface area contributed by atoms with Gasteiger partial charge in [-0.2, -0.15) is 0 Å². The molecule has 1 amide bonds. The van der Waals surface area contributed by atoms with Gasteiger partial charge in [-0.15, -0.1) is 0 Å². The van der Waals surface area contributed by atoms with E-state index in [9.17, 15) is 4.79 Å². The number of rotatable bonds is 4. The van der Waals surface area contributed by atoms with Crippen LogP contribution in [0.25, 0.3) is 10.2 Å². The summed E-state index contributed by atoms with van der Waals surface area (Å²) in [6.07, 6.45) is 0. The van der Waals surface area contributed by atoms with Gasteiger partial charge in [0.15, 0.2) is 11.7 Å². The number of carbonyl (C=O) groups is 1. The number of anilines is 1. The van der Waals surface area contributed by atoms with Crippen LogP contribution in [0.3, 0.4) is 0 Å². The molecule has 0 aliphatic carbocycles. The average molecular weight is 402 g/mol. The molecule has 0 aliphatic heterocycles. The molecular weight excluding hydrogens is 391 g/mol. The number of fused-ring (bicyclic) bond motifs is 1. The summed E-state index contributed by atoms with van der Waals surface area (Å²) in [7, 11) is 0. The van der Waals surface area contributed by atoms with Crippen molar-refractivity contribution in [1.29, 1.82) is 0 Å². The molecule has 0 unspecified atom stereocenters. The molecule has 0 aliphatic rings. The third kappa shape index (κ3) is 3.92. The molecule has 0 fully saturated rings. The van der Waals surface area contributed by atoms with Gasteiger partial charge in [0.05, 0.1) is 15.2 Å². The number of aryl methyl sites for hydroxylation is 1. The molecule has 24 heavy (non-hydrogen) atoms. The normalized spacial score (nSPS) is 10.8. The maximum Gasteiger partial charge on any atom is 0.264 e. The number of halogens is 3. The van der Waals surface area contributed by atoms with Crippen LogP contribution in [0.15, 0.2) is 30.3 Å². The van der Waals surface area contributed by atoms with E-state index in [4.69, 9.17) is 39.5 Å². The van der Waals surface area contributed by atoms with Crippen LogP contribution in [-0.2, 0) is 4.79 Å². The summed E-state index contributed by atoms with van der Waals surface area (Å²) >= 11 is 19.3. The van der Waals surface area contributed by atoms with Gasteiger partial charge >= 0.3 is 0 Å².